The molecule has 2 aliphatic heterocycles. The molecule has 1 aromatic heterocycles. The summed E-state index contributed by atoms with van der Waals surface area (Å²) in [5, 5.41) is 11.8. The smallest absolute Gasteiger partial charge is 0.341 e. The highest BCUT2D eigenvalue weighted by atomic mass is 16.5. The molecular formula is C16H13N3O3. The predicted octanol–water partition coefficient (Wildman–Crippen LogP) is 0.443. The molecule has 0 amide bonds. The predicted molar refractivity (Wildman–Crippen MR) is 80.1 cm³/mol. The van der Waals surface area contributed by atoms with Crippen LogP contribution in [0, 0.1) is 6.92 Å². The Kier molecular flexibility index (Phi) is 2.59. The molecular weight excluding hydrogens is 282 g/mol. The minimum absolute atomic E-state index is 0.0375. The van der Waals surface area contributed by atoms with Crippen LogP contribution in [0.15, 0.2) is 24.3 Å². The van der Waals surface area contributed by atoms with Crippen molar-refractivity contribution in [2.24, 2.45) is 0 Å². The lowest BCUT2D eigenvalue weighted by atomic mass is 10.0. The first-order valence-corrected chi connectivity index (χ1v) is 6.87. The number of nitrogens with one attached hydrogen (secondary N) is 2. The fourth-order valence-electron chi connectivity index (χ4n) is 2.69. The van der Waals surface area contributed by atoms with Crippen molar-refractivity contribution in [3.8, 4) is 0 Å². The van der Waals surface area contributed by atoms with Gasteiger partial charge in [-0.1, -0.05) is 29.8 Å². The number of cyclic esters (lactones) is 1. The average Bonchev–Trinajstić information content (AvgIpc) is 3.12. The van der Waals surface area contributed by atoms with Crippen molar-refractivity contribution < 1.29 is 14.6 Å². The molecule has 2 aromatic rings. The monoisotopic (exact) mass is 295 g/mol. The maximum Gasteiger partial charge on any atom is 0.341 e. The summed E-state index contributed by atoms with van der Waals surface area (Å²) in [5.41, 5.74) is 8.33. The van der Waals surface area contributed by atoms with Gasteiger partial charge < -0.3 is 15.3 Å². The molecule has 6 nitrogen and oxygen atoms in total. The van der Waals surface area contributed by atoms with Crippen LogP contribution in [0.25, 0.3) is 12.0 Å². The molecule has 0 fully saturated rings. The Bertz CT molecular complexity index is 917. The number of pyridine rings is 1. The summed E-state index contributed by atoms with van der Waals surface area (Å²) in [6.45, 7) is 2.10. The molecule has 3 N–H and O–H groups in total. The van der Waals surface area contributed by atoms with Crippen LogP contribution in [0.4, 0.5) is 5.82 Å². The molecule has 3 heterocycles. The summed E-state index contributed by atoms with van der Waals surface area (Å²) in [5.74, 6) is 0.153. The molecule has 2 aliphatic rings. The Morgan fingerprint density at radius 2 is 2.09 bits per heavy atom. The quantitative estimate of drug-likeness (QED) is 0.662. The molecule has 0 aliphatic carbocycles. The molecule has 0 saturated carbocycles. The summed E-state index contributed by atoms with van der Waals surface area (Å²) in [4.78, 5) is 16.4. The van der Waals surface area contributed by atoms with Gasteiger partial charge in [0.2, 0.25) is 0 Å². The van der Waals surface area contributed by atoms with E-state index in [0.717, 1.165) is 5.56 Å². The fraction of sp³-hybridized carbons (Fsp3) is 0.125. The van der Waals surface area contributed by atoms with Crippen molar-refractivity contribution >= 4 is 23.7 Å². The van der Waals surface area contributed by atoms with Gasteiger partial charge in [-0.3, -0.25) is 5.43 Å². The van der Waals surface area contributed by atoms with Crippen molar-refractivity contribution in [1.82, 2.24) is 10.4 Å². The highest BCUT2D eigenvalue weighted by Crippen LogP contribution is 2.17. The van der Waals surface area contributed by atoms with E-state index >= 15 is 0 Å². The zero-order valence-corrected chi connectivity index (χ0v) is 11.8. The number of hydrogen-bond donors (Lipinski definition) is 3. The van der Waals surface area contributed by atoms with E-state index in [0.29, 0.717) is 33.1 Å². The topological polar surface area (TPSA) is 83.5 Å². The highest BCUT2D eigenvalue weighted by molar-refractivity contribution is 5.94. The van der Waals surface area contributed by atoms with Crippen LogP contribution in [0.5, 0.6) is 0 Å². The number of anilines is 1. The molecule has 110 valence electrons. The van der Waals surface area contributed by atoms with Crippen molar-refractivity contribution in [3.05, 3.63) is 57.1 Å². The van der Waals surface area contributed by atoms with Crippen LogP contribution in [-0.4, -0.2) is 16.1 Å². The minimum atomic E-state index is -0.459. The van der Waals surface area contributed by atoms with Crippen LogP contribution in [-0.2, 0) is 11.3 Å². The van der Waals surface area contributed by atoms with Gasteiger partial charge in [-0.25, -0.2) is 9.78 Å². The van der Waals surface area contributed by atoms with Crippen molar-refractivity contribution in [2.75, 3.05) is 5.43 Å². The molecule has 0 unspecified atom stereocenters. The van der Waals surface area contributed by atoms with Gasteiger partial charge in [0, 0.05) is 22.2 Å². The van der Waals surface area contributed by atoms with E-state index < -0.39 is 5.97 Å². The third kappa shape index (κ3) is 1.74. The van der Waals surface area contributed by atoms with Gasteiger partial charge in [-0.05, 0) is 6.92 Å². The standard InChI is InChI=1S/C16H13N3O3/c1-8-2-4-9(5-3-8)14(20)12-10-6-17-19-15(10)18-11-7-22-16(21)13(11)12/h2-6,20H,7H2,1H3,(H2,17,18,19). The van der Waals surface area contributed by atoms with E-state index in [2.05, 4.69) is 15.8 Å². The normalized spacial score (nSPS) is 16.0. The lowest BCUT2D eigenvalue weighted by molar-refractivity contribution is 0.0532. The van der Waals surface area contributed by atoms with Crippen LogP contribution >= 0.6 is 0 Å². The Morgan fingerprint density at radius 3 is 2.86 bits per heavy atom. The first-order chi connectivity index (χ1) is 10.6. The maximum atomic E-state index is 12.0. The number of aliphatic hydroxyl groups is 1. The van der Waals surface area contributed by atoms with Gasteiger partial charge in [0.1, 0.15) is 12.4 Å². The molecule has 0 atom stereocenters. The lowest BCUT2D eigenvalue weighted by Crippen LogP contribution is -2.34. The van der Waals surface area contributed by atoms with Crippen LogP contribution in [0.2, 0.25) is 0 Å². The van der Waals surface area contributed by atoms with Crippen molar-refractivity contribution in [1.29, 1.82) is 0 Å². The number of benzene rings is 1. The van der Waals surface area contributed by atoms with E-state index in [1.165, 1.54) is 0 Å². The van der Waals surface area contributed by atoms with E-state index in [-0.39, 0.29) is 12.4 Å². The number of rotatable bonds is 1. The van der Waals surface area contributed by atoms with E-state index in [1.807, 2.05) is 31.2 Å². The number of ether oxygens (including phenoxy) is 1. The Labute approximate surface area is 125 Å². The SMILES string of the molecule is Cc1ccc(C(O)=c2c3c(nc4c2=CNN4)COC3=O)cc1. The molecule has 0 spiro atoms. The third-order valence-electron chi connectivity index (χ3n) is 3.82. The van der Waals surface area contributed by atoms with Gasteiger partial charge in [0.05, 0.1) is 11.3 Å². The maximum absolute atomic E-state index is 12.0. The molecule has 0 saturated heterocycles. The van der Waals surface area contributed by atoms with E-state index in [4.69, 9.17) is 4.74 Å². The van der Waals surface area contributed by atoms with Gasteiger partial charge >= 0.3 is 5.97 Å². The minimum Gasteiger partial charge on any atom is -0.507 e. The van der Waals surface area contributed by atoms with Gasteiger partial charge in [-0.2, -0.15) is 0 Å². The molecule has 6 heteroatoms. The fourth-order valence-corrected chi connectivity index (χ4v) is 2.69. The number of aliphatic hydroxyl groups excluding tert-OH is 1. The zero-order valence-electron chi connectivity index (χ0n) is 11.8. The summed E-state index contributed by atoms with van der Waals surface area (Å²) in [6, 6.07) is 7.46. The van der Waals surface area contributed by atoms with Crippen LogP contribution < -0.4 is 21.3 Å². The largest absolute Gasteiger partial charge is 0.507 e. The Balaban J connectivity index is 2.12. The second kappa shape index (κ2) is 4.49. The van der Waals surface area contributed by atoms with Gasteiger partial charge in [-0.15, -0.1) is 0 Å². The van der Waals surface area contributed by atoms with Crippen molar-refractivity contribution in [2.45, 2.75) is 13.5 Å². The number of nitrogens with zero attached hydrogens (tertiary/aromatic N) is 1. The Hall–Kier alpha value is -3.02. The summed E-state index contributed by atoms with van der Waals surface area (Å²) in [7, 11) is 0. The van der Waals surface area contributed by atoms with Gasteiger partial charge in [0.15, 0.2) is 5.82 Å². The summed E-state index contributed by atoms with van der Waals surface area (Å²) < 4.78 is 5.06. The van der Waals surface area contributed by atoms with E-state index in [1.54, 1.807) is 6.20 Å². The number of carbonyl (C=O) groups is 1. The number of fused-ring (bicyclic) bond motifs is 2. The first-order valence-electron chi connectivity index (χ1n) is 6.87. The average molecular weight is 295 g/mol. The molecule has 22 heavy (non-hydrogen) atoms. The third-order valence-corrected chi connectivity index (χ3v) is 3.82. The number of carbonyl (C=O) groups excluding carboxylic acids is 1. The van der Waals surface area contributed by atoms with Crippen LogP contribution in [0.1, 0.15) is 27.2 Å². The van der Waals surface area contributed by atoms with Crippen molar-refractivity contribution in [3.63, 3.8) is 0 Å². The lowest BCUT2D eigenvalue weighted by Gasteiger charge is -2.05. The number of hydrogen-bond acceptors (Lipinski definition) is 6. The second-order valence-corrected chi connectivity index (χ2v) is 5.28. The molecule has 1 aromatic carbocycles. The number of aryl methyl sites for hydroxylation is 1. The Morgan fingerprint density at radius 1 is 1.32 bits per heavy atom. The second-order valence-electron chi connectivity index (χ2n) is 5.28. The summed E-state index contributed by atoms with van der Waals surface area (Å²) in [6.07, 6.45) is 1.67. The number of aromatic nitrogens is 1. The molecule has 0 radical (unpaired) electrons. The number of hydrazine groups is 1. The molecule has 0 bridgehead atoms. The van der Waals surface area contributed by atoms with E-state index in [9.17, 15) is 9.90 Å². The van der Waals surface area contributed by atoms with Crippen LogP contribution in [0.3, 0.4) is 0 Å². The number of esters is 1. The van der Waals surface area contributed by atoms with Gasteiger partial charge in [0.25, 0.3) is 0 Å². The zero-order chi connectivity index (χ0) is 15.3. The first kappa shape index (κ1) is 12.7. The molecule has 4 rings (SSSR count). The highest BCUT2D eigenvalue weighted by Gasteiger charge is 2.28. The summed E-state index contributed by atoms with van der Waals surface area (Å²) >= 11 is 0.